The third kappa shape index (κ3) is 3.30. The summed E-state index contributed by atoms with van der Waals surface area (Å²) in [5.74, 6) is -1.47. The van der Waals surface area contributed by atoms with Crippen molar-refractivity contribution in [3.05, 3.63) is 30.0 Å². The van der Waals surface area contributed by atoms with E-state index in [9.17, 15) is 18.0 Å². The molecule has 2 aromatic rings. The lowest BCUT2D eigenvalue weighted by Gasteiger charge is -2.14. The Morgan fingerprint density at radius 1 is 1.32 bits per heavy atom. The van der Waals surface area contributed by atoms with E-state index >= 15 is 0 Å². The highest BCUT2D eigenvalue weighted by molar-refractivity contribution is 5.87. The van der Waals surface area contributed by atoms with E-state index < -0.39 is 18.1 Å². The Bertz CT molecular complexity index is 710. The van der Waals surface area contributed by atoms with Gasteiger partial charge in [-0.2, -0.15) is 5.10 Å². The molecule has 0 aliphatic heterocycles. The van der Waals surface area contributed by atoms with E-state index in [0.717, 1.165) is 16.8 Å². The molecule has 9 heteroatoms. The standard InChI is InChI=1S/C13H11F3N2O4/c1-18-10(6-9(17-18)12(19)20)8-5-7(21-2)3-4-11(8)22-13(14,15)16/h3-6H,1-2H3,(H,19,20). The highest BCUT2D eigenvalue weighted by Crippen LogP contribution is 2.36. The Hall–Kier alpha value is -2.71. The van der Waals surface area contributed by atoms with Gasteiger partial charge in [0.05, 0.1) is 12.8 Å². The number of carboxylic acids is 1. The maximum absolute atomic E-state index is 12.5. The van der Waals surface area contributed by atoms with Gasteiger partial charge in [0.1, 0.15) is 11.5 Å². The Morgan fingerprint density at radius 3 is 2.50 bits per heavy atom. The molecule has 1 aromatic carbocycles. The minimum Gasteiger partial charge on any atom is -0.497 e. The van der Waals surface area contributed by atoms with E-state index in [2.05, 4.69) is 9.84 Å². The molecule has 0 radical (unpaired) electrons. The van der Waals surface area contributed by atoms with Crippen LogP contribution < -0.4 is 9.47 Å². The van der Waals surface area contributed by atoms with E-state index in [0.29, 0.717) is 5.75 Å². The molecule has 2 rings (SSSR count). The maximum atomic E-state index is 12.5. The molecule has 1 aromatic heterocycles. The Balaban J connectivity index is 2.58. The van der Waals surface area contributed by atoms with Crippen molar-refractivity contribution in [2.45, 2.75) is 6.36 Å². The average molecular weight is 316 g/mol. The van der Waals surface area contributed by atoms with Gasteiger partial charge in [0.15, 0.2) is 5.69 Å². The summed E-state index contributed by atoms with van der Waals surface area (Å²) in [7, 11) is 2.77. The van der Waals surface area contributed by atoms with Crippen LogP contribution in [0.3, 0.4) is 0 Å². The third-order valence-corrected chi connectivity index (χ3v) is 2.79. The summed E-state index contributed by atoms with van der Waals surface area (Å²) >= 11 is 0. The van der Waals surface area contributed by atoms with Crippen molar-refractivity contribution in [3.8, 4) is 22.8 Å². The molecule has 0 bridgehead atoms. The minimum atomic E-state index is -4.88. The number of ether oxygens (including phenoxy) is 2. The first-order valence-electron chi connectivity index (χ1n) is 5.93. The van der Waals surface area contributed by atoms with Crippen LogP contribution in [0, 0.1) is 0 Å². The van der Waals surface area contributed by atoms with Crippen molar-refractivity contribution in [3.63, 3.8) is 0 Å². The van der Waals surface area contributed by atoms with Crippen molar-refractivity contribution in [1.29, 1.82) is 0 Å². The number of halogens is 3. The van der Waals surface area contributed by atoms with Crippen LogP contribution in [0.2, 0.25) is 0 Å². The number of rotatable bonds is 4. The van der Waals surface area contributed by atoms with E-state index in [4.69, 9.17) is 9.84 Å². The molecule has 0 saturated carbocycles. The van der Waals surface area contributed by atoms with Crippen LogP contribution in [-0.4, -0.2) is 34.3 Å². The van der Waals surface area contributed by atoms with E-state index in [-0.39, 0.29) is 17.0 Å². The summed E-state index contributed by atoms with van der Waals surface area (Å²) in [6.45, 7) is 0. The lowest BCUT2D eigenvalue weighted by molar-refractivity contribution is -0.274. The van der Waals surface area contributed by atoms with Gasteiger partial charge in [0, 0.05) is 12.6 Å². The summed E-state index contributed by atoms with van der Waals surface area (Å²) in [6.07, 6.45) is -4.88. The highest BCUT2D eigenvalue weighted by atomic mass is 19.4. The van der Waals surface area contributed by atoms with Crippen molar-refractivity contribution >= 4 is 5.97 Å². The van der Waals surface area contributed by atoms with Crippen molar-refractivity contribution < 1.29 is 32.5 Å². The zero-order valence-electron chi connectivity index (χ0n) is 11.5. The van der Waals surface area contributed by atoms with Gasteiger partial charge in [-0.1, -0.05) is 0 Å². The van der Waals surface area contributed by atoms with Crippen LogP contribution >= 0.6 is 0 Å². The molecule has 0 saturated heterocycles. The molecule has 1 N–H and O–H groups in total. The van der Waals surface area contributed by atoms with Gasteiger partial charge in [0.25, 0.3) is 0 Å². The fourth-order valence-corrected chi connectivity index (χ4v) is 1.87. The SMILES string of the molecule is COc1ccc(OC(F)(F)F)c(-c2cc(C(=O)O)nn2C)c1. The molecule has 0 amide bonds. The van der Waals surface area contributed by atoms with Crippen LogP contribution in [0.4, 0.5) is 13.2 Å². The lowest BCUT2D eigenvalue weighted by Crippen LogP contribution is -2.17. The zero-order valence-corrected chi connectivity index (χ0v) is 11.5. The Kier molecular flexibility index (Phi) is 3.98. The predicted molar refractivity (Wildman–Crippen MR) is 68.8 cm³/mol. The maximum Gasteiger partial charge on any atom is 0.573 e. The Morgan fingerprint density at radius 2 is 2.00 bits per heavy atom. The molecule has 0 aliphatic rings. The van der Waals surface area contributed by atoms with Gasteiger partial charge in [-0.05, 0) is 24.3 Å². The number of nitrogens with zero attached hydrogens (tertiary/aromatic N) is 2. The van der Waals surface area contributed by atoms with Crippen molar-refractivity contribution in [1.82, 2.24) is 9.78 Å². The first-order valence-corrected chi connectivity index (χ1v) is 5.93. The van der Waals surface area contributed by atoms with Crippen LogP contribution in [0.15, 0.2) is 24.3 Å². The van der Waals surface area contributed by atoms with E-state index in [1.807, 2.05) is 0 Å². The Labute approximate surface area is 122 Å². The van der Waals surface area contributed by atoms with Crippen molar-refractivity contribution in [2.75, 3.05) is 7.11 Å². The van der Waals surface area contributed by atoms with Crippen LogP contribution in [0.25, 0.3) is 11.3 Å². The minimum absolute atomic E-state index is 0.0131. The number of carbonyl (C=O) groups is 1. The number of carboxylic acid groups (broad SMARTS) is 1. The smallest absolute Gasteiger partial charge is 0.497 e. The molecule has 22 heavy (non-hydrogen) atoms. The molecular weight excluding hydrogens is 305 g/mol. The molecule has 0 aliphatic carbocycles. The number of hydrogen-bond acceptors (Lipinski definition) is 4. The number of methoxy groups -OCH3 is 1. The van der Waals surface area contributed by atoms with E-state index in [1.165, 1.54) is 26.3 Å². The number of hydrogen-bond donors (Lipinski definition) is 1. The molecule has 0 fully saturated rings. The lowest BCUT2D eigenvalue weighted by atomic mass is 10.1. The molecule has 0 spiro atoms. The second kappa shape index (κ2) is 5.58. The summed E-state index contributed by atoms with van der Waals surface area (Å²) in [5.41, 5.74) is -0.131. The number of aromatic carboxylic acids is 1. The monoisotopic (exact) mass is 316 g/mol. The van der Waals surface area contributed by atoms with Gasteiger partial charge >= 0.3 is 12.3 Å². The van der Waals surface area contributed by atoms with E-state index in [1.54, 1.807) is 0 Å². The van der Waals surface area contributed by atoms with Gasteiger partial charge in [-0.3, -0.25) is 4.68 Å². The fraction of sp³-hybridized carbons (Fsp3) is 0.231. The number of aromatic nitrogens is 2. The molecular formula is C13H11F3N2O4. The average Bonchev–Trinajstić information content (AvgIpc) is 2.80. The van der Waals surface area contributed by atoms with Crippen molar-refractivity contribution in [2.24, 2.45) is 7.05 Å². The zero-order chi connectivity index (χ0) is 16.5. The molecule has 0 unspecified atom stereocenters. The number of aryl methyl sites for hydroxylation is 1. The van der Waals surface area contributed by atoms with Crippen LogP contribution in [0.1, 0.15) is 10.5 Å². The van der Waals surface area contributed by atoms with Gasteiger partial charge in [-0.15, -0.1) is 13.2 Å². The van der Waals surface area contributed by atoms with Crippen LogP contribution in [-0.2, 0) is 7.05 Å². The summed E-state index contributed by atoms with van der Waals surface area (Å²) < 4.78 is 47.5. The fourth-order valence-electron chi connectivity index (χ4n) is 1.87. The first-order chi connectivity index (χ1) is 10.2. The largest absolute Gasteiger partial charge is 0.573 e. The van der Waals surface area contributed by atoms with Crippen LogP contribution in [0.5, 0.6) is 11.5 Å². The van der Waals surface area contributed by atoms with Gasteiger partial charge in [-0.25, -0.2) is 4.79 Å². The first kappa shape index (κ1) is 15.7. The molecule has 0 atom stereocenters. The second-order valence-corrected chi connectivity index (χ2v) is 4.25. The summed E-state index contributed by atoms with van der Waals surface area (Å²) in [4.78, 5) is 10.9. The quantitative estimate of drug-likeness (QED) is 0.939. The predicted octanol–water partition coefficient (Wildman–Crippen LogP) is 2.69. The molecule has 118 valence electrons. The third-order valence-electron chi connectivity index (χ3n) is 2.79. The topological polar surface area (TPSA) is 73.6 Å². The number of alkyl halides is 3. The molecule has 6 nitrogen and oxygen atoms in total. The summed E-state index contributed by atoms with van der Waals surface area (Å²) in [5, 5.41) is 12.6. The summed E-state index contributed by atoms with van der Waals surface area (Å²) in [6, 6.07) is 4.86. The second-order valence-electron chi connectivity index (χ2n) is 4.25. The molecule has 1 heterocycles. The highest BCUT2D eigenvalue weighted by Gasteiger charge is 2.33. The normalized spacial score (nSPS) is 11.3. The number of benzene rings is 1. The van der Waals surface area contributed by atoms with Gasteiger partial charge < -0.3 is 14.6 Å². The van der Waals surface area contributed by atoms with Gasteiger partial charge in [0.2, 0.25) is 0 Å².